The van der Waals surface area contributed by atoms with E-state index in [1.165, 1.54) is 0 Å². The van der Waals surface area contributed by atoms with Gasteiger partial charge in [0.2, 0.25) is 0 Å². The number of pyridine rings is 1. The Balaban J connectivity index is 2.22. The van der Waals surface area contributed by atoms with Crippen LogP contribution in [-0.2, 0) is 4.74 Å². The minimum atomic E-state index is -0.0684. The number of hydrogen-bond donors (Lipinski definition) is 1. The van der Waals surface area contributed by atoms with Crippen LogP contribution in [0.2, 0.25) is 0 Å². The van der Waals surface area contributed by atoms with Crippen LogP contribution in [0.3, 0.4) is 0 Å². The van der Waals surface area contributed by atoms with Gasteiger partial charge in [-0.15, -0.1) is 0 Å². The zero-order chi connectivity index (χ0) is 14.5. The Bertz CT molecular complexity index is 629. The minimum Gasteiger partial charge on any atom is -0.491 e. The van der Waals surface area contributed by atoms with Gasteiger partial charge in [0.05, 0.1) is 6.61 Å². The van der Waals surface area contributed by atoms with E-state index in [2.05, 4.69) is 4.98 Å². The molecule has 20 heavy (non-hydrogen) atoms. The van der Waals surface area contributed by atoms with Gasteiger partial charge in [0.15, 0.2) is 0 Å². The van der Waals surface area contributed by atoms with Crippen molar-refractivity contribution in [3.05, 3.63) is 51.9 Å². The van der Waals surface area contributed by atoms with E-state index >= 15 is 0 Å². The Labute approximate surface area is 118 Å². The van der Waals surface area contributed by atoms with Crippen molar-refractivity contribution >= 4 is 0 Å². The average Bonchev–Trinajstić information content (AvgIpc) is 2.44. The van der Waals surface area contributed by atoms with Crippen molar-refractivity contribution in [2.24, 2.45) is 0 Å². The summed E-state index contributed by atoms with van der Waals surface area (Å²) in [5.41, 5.74) is 3.46. The Kier molecular flexibility index (Phi) is 4.58. The van der Waals surface area contributed by atoms with E-state index in [0.717, 1.165) is 22.6 Å². The molecule has 0 spiro atoms. The smallest absolute Gasteiger partial charge is 0.256 e. The molecular weight excluding hydrogens is 254 g/mol. The molecule has 1 aromatic carbocycles. The highest BCUT2D eigenvalue weighted by atomic mass is 16.5. The molecule has 0 amide bonds. The maximum Gasteiger partial charge on any atom is 0.256 e. The normalized spacial score (nSPS) is 10.6. The molecule has 2 aromatic rings. The van der Waals surface area contributed by atoms with E-state index in [1.807, 2.05) is 44.2 Å². The van der Waals surface area contributed by atoms with Crippen LogP contribution in [0.5, 0.6) is 5.75 Å². The van der Waals surface area contributed by atoms with Gasteiger partial charge in [0.1, 0.15) is 12.4 Å². The molecule has 1 heterocycles. The van der Waals surface area contributed by atoms with Gasteiger partial charge in [-0.05, 0) is 43.2 Å². The van der Waals surface area contributed by atoms with Crippen molar-refractivity contribution in [2.45, 2.75) is 13.8 Å². The van der Waals surface area contributed by atoms with E-state index in [0.29, 0.717) is 18.8 Å². The van der Waals surface area contributed by atoms with Crippen molar-refractivity contribution < 1.29 is 9.47 Å². The molecule has 1 aromatic heterocycles. The van der Waals surface area contributed by atoms with Gasteiger partial charge in [-0.25, -0.2) is 0 Å². The lowest BCUT2D eigenvalue weighted by molar-refractivity contribution is 0.146. The summed E-state index contributed by atoms with van der Waals surface area (Å²) in [5.74, 6) is 0.770. The molecule has 1 N–H and O–H groups in total. The number of ether oxygens (including phenoxy) is 2. The lowest BCUT2D eigenvalue weighted by atomic mass is 10.0. The summed E-state index contributed by atoms with van der Waals surface area (Å²) >= 11 is 0. The van der Waals surface area contributed by atoms with Crippen molar-refractivity contribution in [1.29, 1.82) is 0 Å². The molecule has 0 aliphatic carbocycles. The third-order valence-corrected chi connectivity index (χ3v) is 3.22. The Hall–Kier alpha value is -2.07. The molecule has 0 saturated heterocycles. The van der Waals surface area contributed by atoms with Gasteiger partial charge in [-0.1, -0.05) is 12.1 Å². The zero-order valence-corrected chi connectivity index (χ0v) is 12.0. The first-order valence-electron chi connectivity index (χ1n) is 6.54. The van der Waals surface area contributed by atoms with E-state index in [9.17, 15) is 4.79 Å². The monoisotopic (exact) mass is 273 g/mol. The summed E-state index contributed by atoms with van der Waals surface area (Å²) in [7, 11) is 1.64. The third-order valence-electron chi connectivity index (χ3n) is 3.22. The van der Waals surface area contributed by atoms with Crippen LogP contribution in [0.15, 0.2) is 35.1 Å². The molecular formula is C16H19NO3. The van der Waals surface area contributed by atoms with Gasteiger partial charge >= 0.3 is 0 Å². The van der Waals surface area contributed by atoms with Gasteiger partial charge in [-0.2, -0.15) is 0 Å². The van der Waals surface area contributed by atoms with E-state index < -0.39 is 0 Å². The number of hydrogen-bond acceptors (Lipinski definition) is 3. The summed E-state index contributed by atoms with van der Waals surface area (Å²) in [6, 6.07) is 9.41. The summed E-state index contributed by atoms with van der Waals surface area (Å²) in [4.78, 5) is 14.8. The number of nitrogens with one attached hydrogen (secondary N) is 1. The highest BCUT2D eigenvalue weighted by Gasteiger charge is 2.06. The van der Waals surface area contributed by atoms with Crippen LogP contribution >= 0.6 is 0 Å². The van der Waals surface area contributed by atoms with E-state index in [4.69, 9.17) is 9.47 Å². The topological polar surface area (TPSA) is 51.3 Å². The summed E-state index contributed by atoms with van der Waals surface area (Å²) in [6.45, 7) is 4.95. The second-order valence-corrected chi connectivity index (χ2v) is 4.69. The highest BCUT2D eigenvalue weighted by Crippen LogP contribution is 2.20. The molecule has 0 radical (unpaired) electrons. The highest BCUT2D eigenvalue weighted by molar-refractivity contribution is 5.64. The van der Waals surface area contributed by atoms with Crippen LogP contribution in [-0.4, -0.2) is 25.3 Å². The number of aryl methyl sites for hydroxylation is 2. The molecule has 2 rings (SSSR count). The van der Waals surface area contributed by atoms with Crippen molar-refractivity contribution in [2.75, 3.05) is 20.3 Å². The first-order valence-corrected chi connectivity index (χ1v) is 6.54. The minimum absolute atomic E-state index is 0.0684. The average molecular weight is 273 g/mol. The fourth-order valence-electron chi connectivity index (χ4n) is 1.91. The molecule has 0 atom stereocenters. The Morgan fingerprint density at radius 2 is 1.80 bits per heavy atom. The van der Waals surface area contributed by atoms with Crippen molar-refractivity contribution in [1.82, 2.24) is 4.98 Å². The van der Waals surface area contributed by atoms with Gasteiger partial charge < -0.3 is 14.5 Å². The van der Waals surface area contributed by atoms with Crippen molar-refractivity contribution in [3.8, 4) is 16.9 Å². The van der Waals surface area contributed by atoms with Crippen LogP contribution in [0, 0.1) is 13.8 Å². The number of rotatable bonds is 5. The Morgan fingerprint density at radius 1 is 1.10 bits per heavy atom. The van der Waals surface area contributed by atoms with Crippen molar-refractivity contribution in [3.63, 3.8) is 0 Å². The second kappa shape index (κ2) is 6.39. The number of aromatic nitrogens is 1. The molecule has 4 heteroatoms. The molecule has 4 nitrogen and oxygen atoms in total. The Morgan fingerprint density at radius 3 is 2.45 bits per heavy atom. The molecule has 0 fully saturated rings. The molecule has 106 valence electrons. The molecule has 0 unspecified atom stereocenters. The van der Waals surface area contributed by atoms with Crippen LogP contribution < -0.4 is 10.3 Å². The molecule has 0 saturated carbocycles. The number of aromatic amines is 1. The first kappa shape index (κ1) is 14.3. The van der Waals surface area contributed by atoms with E-state index in [1.54, 1.807) is 7.11 Å². The third kappa shape index (κ3) is 3.27. The fourth-order valence-corrected chi connectivity index (χ4v) is 1.91. The number of methoxy groups -OCH3 is 1. The largest absolute Gasteiger partial charge is 0.491 e. The van der Waals surface area contributed by atoms with Crippen LogP contribution in [0.1, 0.15) is 11.3 Å². The lowest BCUT2D eigenvalue weighted by Crippen LogP contribution is -2.11. The van der Waals surface area contributed by atoms with Gasteiger partial charge in [0, 0.05) is 18.4 Å². The van der Waals surface area contributed by atoms with Gasteiger partial charge in [0.25, 0.3) is 5.56 Å². The summed E-state index contributed by atoms with van der Waals surface area (Å²) in [5, 5.41) is 0. The summed E-state index contributed by atoms with van der Waals surface area (Å²) in [6.07, 6.45) is 0. The number of H-pyrrole nitrogens is 1. The predicted octanol–water partition coefficient (Wildman–Crippen LogP) is 2.68. The molecule has 0 aliphatic rings. The fraction of sp³-hybridized carbons (Fsp3) is 0.312. The standard InChI is InChI=1S/C16H19NO3/c1-11-10-15(16(18)17-12(11)2)13-4-6-14(7-5-13)20-9-8-19-3/h4-7,10H,8-9H2,1-3H3,(H,17,18). The molecule has 0 bridgehead atoms. The maximum atomic E-state index is 12.0. The van der Waals surface area contributed by atoms with E-state index in [-0.39, 0.29) is 5.56 Å². The summed E-state index contributed by atoms with van der Waals surface area (Å²) < 4.78 is 10.4. The zero-order valence-electron chi connectivity index (χ0n) is 12.0. The lowest BCUT2D eigenvalue weighted by Gasteiger charge is -2.08. The quantitative estimate of drug-likeness (QED) is 0.852. The number of benzene rings is 1. The molecule has 0 aliphatic heterocycles. The van der Waals surface area contributed by atoms with Gasteiger partial charge in [-0.3, -0.25) is 4.79 Å². The van der Waals surface area contributed by atoms with Crippen LogP contribution in [0.4, 0.5) is 0 Å². The first-order chi connectivity index (χ1) is 9.61. The second-order valence-electron chi connectivity index (χ2n) is 4.69. The maximum absolute atomic E-state index is 12.0. The predicted molar refractivity (Wildman–Crippen MR) is 79.3 cm³/mol. The van der Waals surface area contributed by atoms with Crippen LogP contribution in [0.25, 0.3) is 11.1 Å². The SMILES string of the molecule is COCCOc1ccc(-c2cc(C)c(C)[nH]c2=O)cc1.